The summed E-state index contributed by atoms with van der Waals surface area (Å²) < 4.78 is 26.8. The van der Waals surface area contributed by atoms with Gasteiger partial charge in [-0.15, -0.1) is 0 Å². The lowest BCUT2D eigenvalue weighted by Crippen LogP contribution is -2.39. The number of nitrogens with one attached hydrogen (secondary N) is 2. The fourth-order valence-electron chi connectivity index (χ4n) is 3.56. The number of benzene rings is 2. The molecule has 4 nitrogen and oxygen atoms in total. The van der Waals surface area contributed by atoms with E-state index in [1.54, 1.807) is 0 Å². The van der Waals surface area contributed by atoms with Gasteiger partial charge in [-0.2, -0.15) is 0 Å². The van der Waals surface area contributed by atoms with Gasteiger partial charge in [-0.3, -0.25) is 4.90 Å². The number of rotatable bonds is 5. The Morgan fingerprint density at radius 3 is 2.61 bits per heavy atom. The minimum absolute atomic E-state index is 0.152. The second-order valence-electron chi connectivity index (χ2n) is 7.61. The highest BCUT2D eigenvalue weighted by atomic mass is 19.1. The second-order valence-corrected chi connectivity index (χ2v) is 7.61. The number of aryl methyl sites for hydroxylation is 2. The molecule has 150 valence electrons. The summed E-state index contributed by atoms with van der Waals surface area (Å²) in [4.78, 5) is 14.4. The summed E-state index contributed by atoms with van der Waals surface area (Å²) in [6.45, 7) is 7.71. The van der Waals surface area contributed by atoms with Crippen molar-refractivity contribution in [2.75, 3.05) is 25.0 Å². The van der Waals surface area contributed by atoms with Gasteiger partial charge in [0.2, 0.25) is 0 Å². The van der Waals surface area contributed by atoms with Crippen molar-refractivity contribution in [3.63, 3.8) is 0 Å². The van der Waals surface area contributed by atoms with Crippen LogP contribution in [-0.4, -0.2) is 30.6 Å². The molecule has 2 N–H and O–H groups in total. The summed E-state index contributed by atoms with van der Waals surface area (Å²) in [6, 6.07) is 9.03. The molecule has 2 aromatic rings. The Morgan fingerprint density at radius 2 is 1.86 bits per heavy atom. The van der Waals surface area contributed by atoms with E-state index in [2.05, 4.69) is 47.6 Å². The number of urea groups is 1. The minimum Gasteiger partial charge on any atom is -0.338 e. The van der Waals surface area contributed by atoms with Crippen LogP contribution in [0, 0.1) is 31.4 Å². The quantitative estimate of drug-likeness (QED) is 0.787. The number of hydrogen-bond acceptors (Lipinski definition) is 2. The van der Waals surface area contributed by atoms with E-state index in [1.165, 1.54) is 16.7 Å². The third-order valence-corrected chi connectivity index (χ3v) is 5.33. The van der Waals surface area contributed by atoms with E-state index >= 15 is 0 Å². The van der Waals surface area contributed by atoms with Crippen molar-refractivity contribution in [2.24, 2.45) is 5.92 Å². The van der Waals surface area contributed by atoms with Gasteiger partial charge in [-0.25, -0.2) is 13.6 Å². The molecule has 2 aromatic carbocycles. The Hall–Kier alpha value is -2.47. The predicted molar refractivity (Wildman–Crippen MR) is 107 cm³/mol. The van der Waals surface area contributed by atoms with Crippen molar-refractivity contribution in [1.82, 2.24) is 10.2 Å². The number of halogens is 2. The molecule has 1 aliphatic rings. The topological polar surface area (TPSA) is 44.4 Å². The monoisotopic (exact) mass is 387 g/mol. The molecule has 0 aliphatic carbocycles. The number of likely N-dealkylation sites (tertiary alicyclic amines) is 1. The number of hydrogen-bond donors (Lipinski definition) is 2. The first-order valence-corrected chi connectivity index (χ1v) is 9.69. The summed E-state index contributed by atoms with van der Waals surface area (Å²) in [7, 11) is 0. The molecule has 2 amide bonds. The van der Waals surface area contributed by atoms with Gasteiger partial charge < -0.3 is 10.6 Å². The average Bonchev–Trinajstić information content (AvgIpc) is 2.67. The maximum Gasteiger partial charge on any atom is 0.319 e. The summed E-state index contributed by atoms with van der Waals surface area (Å²) in [5.74, 6) is -0.859. The van der Waals surface area contributed by atoms with Gasteiger partial charge >= 0.3 is 6.03 Å². The van der Waals surface area contributed by atoms with Crippen molar-refractivity contribution in [3.05, 3.63) is 64.7 Å². The van der Waals surface area contributed by atoms with Crippen molar-refractivity contribution in [2.45, 2.75) is 33.2 Å². The highest BCUT2D eigenvalue weighted by molar-refractivity contribution is 5.89. The first-order chi connectivity index (χ1) is 13.4. The zero-order valence-electron chi connectivity index (χ0n) is 16.4. The van der Waals surface area contributed by atoms with Crippen LogP contribution in [0.2, 0.25) is 0 Å². The average molecular weight is 387 g/mol. The predicted octanol–water partition coefficient (Wildman–Crippen LogP) is 4.62. The Morgan fingerprint density at radius 1 is 1.11 bits per heavy atom. The van der Waals surface area contributed by atoms with Gasteiger partial charge in [0.05, 0.1) is 5.69 Å². The molecule has 3 rings (SSSR count). The van der Waals surface area contributed by atoms with Gasteiger partial charge in [0.15, 0.2) is 0 Å². The van der Waals surface area contributed by atoms with Crippen molar-refractivity contribution in [3.8, 4) is 0 Å². The molecule has 6 heteroatoms. The van der Waals surface area contributed by atoms with Crippen LogP contribution in [0.5, 0.6) is 0 Å². The first kappa shape index (κ1) is 20.3. The SMILES string of the molecule is Cc1ccc(C)c(CN2CCC(CNC(=O)Nc3cc(F)ccc3F)CC2)c1. The molecular formula is C22H27F2N3O. The Labute approximate surface area is 164 Å². The Kier molecular flexibility index (Phi) is 6.62. The number of anilines is 1. The molecule has 1 heterocycles. The number of carbonyl (C=O) groups excluding carboxylic acids is 1. The molecule has 1 aliphatic heterocycles. The van der Waals surface area contributed by atoms with Crippen LogP contribution in [0.15, 0.2) is 36.4 Å². The molecule has 0 bridgehead atoms. The van der Waals surface area contributed by atoms with E-state index < -0.39 is 17.7 Å². The van der Waals surface area contributed by atoms with E-state index in [-0.39, 0.29) is 5.69 Å². The molecule has 0 atom stereocenters. The van der Waals surface area contributed by atoms with E-state index in [0.717, 1.165) is 50.7 Å². The first-order valence-electron chi connectivity index (χ1n) is 9.69. The van der Waals surface area contributed by atoms with E-state index in [0.29, 0.717) is 12.5 Å². The molecule has 0 spiro atoms. The van der Waals surface area contributed by atoms with Crippen molar-refractivity contribution < 1.29 is 13.6 Å². The normalized spacial score (nSPS) is 15.4. The molecule has 0 unspecified atom stereocenters. The Balaban J connectivity index is 1.42. The highest BCUT2D eigenvalue weighted by Gasteiger charge is 2.20. The van der Waals surface area contributed by atoms with Crippen LogP contribution in [0.25, 0.3) is 0 Å². The maximum absolute atomic E-state index is 13.6. The molecule has 0 saturated carbocycles. The van der Waals surface area contributed by atoms with Gasteiger partial charge in [-0.05, 0) is 69.0 Å². The second kappa shape index (κ2) is 9.15. The minimum atomic E-state index is -0.656. The fraction of sp³-hybridized carbons (Fsp3) is 0.409. The zero-order chi connectivity index (χ0) is 20.1. The number of carbonyl (C=O) groups is 1. The largest absolute Gasteiger partial charge is 0.338 e. The van der Waals surface area contributed by atoms with Crippen molar-refractivity contribution in [1.29, 1.82) is 0 Å². The highest BCUT2D eigenvalue weighted by Crippen LogP contribution is 2.21. The van der Waals surface area contributed by atoms with Gasteiger partial charge in [0.1, 0.15) is 11.6 Å². The molecule has 0 aromatic heterocycles. The van der Waals surface area contributed by atoms with E-state index in [4.69, 9.17) is 0 Å². The van der Waals surface area contributed by atoms with Crippen molar-refractivity contribution >= 4 is 11.7 Å². The number of piperidine rings is 1. The molecule has 28 heavy (non-hydrogen) atoms. The maximum atomic E-state index is 13.6. The van der Waals surface area contributed by atoms with E-state index in [9.17, 15) is 13.6 Å². The van der Waals surface area contributed by atoms with Crippen LogP contribution in [0.4, 0.5) is 19.3 Å². The van der Waals surface area contributed by atoms with Gasteiger partial charge in [0, 0.05) is 19.2 Å². The van der Waals surface area contributed by atoms with Gasteiger partial charge in [0.25, 0.3) is 0 Å². The third-order valence-electron chi connectivity index (χ3n) is 5.33. The molecule has 1 fully saturated rings. The Bertz CT molecular complexity index is 833. The lowest BCUT2D eigenvalue weighted by molar-refractivity contribution is 0.175. The zero-order valence-corrected chi connectivity index (χ0v) is 16.4. The van der Waals surface area contributed by atoms with Crippen LogP contribution in [-0.2, 0) is 6.54 Å². The molecule has 1 saturated heterocycles. The lowest BCUT2D eigenvalue weighted by Gasteiger charge is -2.32. The summed E-state index contributed by atoms with van der Waals surface area (Å²) in [5.41, 5.74) is 3.81. The van der Waals surface area contributed by atoms with Gasteiger partial charge in [-0.1, -0.05) is 23.8 Å². The van der Waals surface area contributed by atoms with Crippen LogP contribution in [0.1, 0.15) is 29.5 Å². The van der Waals surface area contributed by atoms with E-state index in [1.807, 2.05) is 0 Å². The lowest BCUT2D eigenvalue weighted by atomic mass is 9.96. The smallest absolute Gasteiger partial charge is 0.319 e. The van der Waals surface area contributed by atoms with Crippen LogP contribution in [0.3, 0.4) is 0 Å². The summed E-state index contributed by atoms with van der Waals surface area (Å²) >= 11 is 0. The third kappa shape index (κ3) is 5.52. The molecule has 0 radical (unpaired) electrons. The standard InChI is InChI=1S/C22H27F2N3O/c1-15-3-4-16(2)18(11-15)14-27-9-7-17(8-10-27)13-25-22(28)26-21-12-19(23)5-6-20(21)24/h3-6,11-12,17H,7-10,13-14H2,1-2H3,(H2,25,26,28). The summed E-state index contributed by atoms with van der Waals surface area (Å²) in [5, 5.41) is 5.14. The van der Waals surface area contributed by atoms with Crippen LogP contribution >= 0.6 is 0 Å². The molecular weight excluding hydrogens is 360 g/mol. The van der Waals surface area contributed by atoms with Crippen LogP contribution < -0.4 is 10.6 Å². The number of amides is 2. The summed E-state index contributed by atoms with van der Waals surface area (Å²) in [6.07, 6.45) is 2.00. The number of nitrogens with zero attached hydrogens (tertiary/aromatic N) is 1. The fourth-order valence-corrected chi connectivity index (χ4v) is 3.56.